The second kappa shape index (κ2) is 8.59. The van der Waals surface area contributed by atoms with Crippen LogP contribution in [0.4, 0.5) is 0 Å². The van der Waals surface area contributed by atoms with Crippen LogP contribution in [0.15, 0.2) is 11.6 Å². The third-order valence-electron chi connectivity index (χ3n) is 14.0. The first-order valence-corrected chi connectivity index (χ1v) is 15.3. The molecule has 11 atom stereocenters. The molecule has 4 saturated carbocycles. The number of ether oxygens (including phenoxy) is 1. The van der Waals surface area contributed by atoms with Gasteiger partial charge in [0.15, 0.2) is 0 Å². The lowest BCUT2D eigenvalue weighted by atomic mass is 9.33. The molecule has 5 rings (SSSR count). The Bertz CT molecular complexity index is 1000. The van der Waals surface area contributed by atoms with Crippen molar-refractivity contribution in [1.29, 1.82) is 0 Å². The molecule has 4 heteroatoms. The van der Waals surface area contributed by atoms with Crippen molar-refractivity contribution in [2.24, 2.45) is 56.7 Å². The van der Waals surface area contributed by atoms with E-state index in [1.807, 2.05) is 6.92 Å². The van der Waals surface area contributed by atoms with Crippen LogP contribution in [-0.2, 0) is 14.3 Å². The summed E-state index contributed by atoms with van der Waals surface area (Å²) in [6, 6.07) is 0. The van der Waals surface area contributed by atoms with E-state index in [9.17, 15) is 14.7 Å². The Labute approximate surface area is 225 Å². The summed E-state index contributed by atoms with van der Waals surface area (Å²) in [5.41, 5.74) is 1.40. The van der Waals surface area contributed by atoms with Crippen molar-refractivity contribution < 1.29 is 19.4 Å². The van der Waals surface area contributed by atoms with E-state index in [4.69, 9.17) is 4.74 Å². The Hall–Kier alpha value is -1.32. The highest BCUT2D eigenvalue weighted by molar-refractivity contribution is 5.77. The monoisotopic (exact) mass is 512 g/mol. The van der Waals surface area contributed by atoms with Crippen molar-refractivity contribution >= 4 is 11.9 Å². The smallest absolute Gasteiger partial charge is 0.313 e. The van der Waals surface area contributed by atoms with Crippen LogP contribution in [0.5, 0.6) is 0 Å². The van der Waals surface area contributed by atoms with E-state index in [0.29, 0.717) is 23.7 Å². The van der Waals surface area contributed by atoms with Gasteiger partial charge in [0.05, 0.1) is 0 Å². The minimum absolute atomic E-state index is 0.0139. The molecule has 0 aromatic carbocycles. The van der Waals surface area contributed by atoms with Gasteiger partial charge >= 0.3 is 11.9 Å². The average molecular weight is 513 g/mol. The number of carboxylic acid groups (broad SMARTS) is 1. The second-order valence-electron chi connectivity index (χ2n) is 15.3. The van der Waals surface area contributed by atoms with Gasteiger partial charge in [-0.1, -0.05) is 60.1 Å². The Morgan fingerprint density at radius 1 is 0.946 bits per heavy atom. The highest BCUT2D eigenvalue weighted by Gasteiger charge is 2.70. The zero-order valence-corrected chi connectivity index (χ0v) is 24.8. The maximum absolute atomic E-state index is 12.9. The van der Waals surface area contributed by atoms with Crippen molar-refractivity contribution in [2.75, 3.05) is 0 Å². The Balaban J connectivity index is 1.55. The number of carboxylic acids is 1. The van der Waals surface area contributed by atoms with Crippen molar-refractivity contribution in [3.8, 4) is 0 Å². The SMILES string of the molecule is CCC(=O)O[C@H]1CC[C@@]2(C)[C@@H](CC[C@]3(C)[C@@H]2CC=C2[C@@H]4[C@@H](C)[C@H](C)CC[C@]4(C)CC[C@]23C)[C@@]1(C)C(=O)O. The zero-order valence-electron chi connectivity index (χ0n) is 24.8. The van der Waals surface area contributed by atoms with Crippen LogP contribution in [0.25, 0.3) is 0 Å². The third kappa shape index (κ3) is 3.45. The van der Waals surface area contributed by atoms with Gasteiger partial charge in [0.25, 0.3) is 0 Å². The second-order valence-corrected chi connectivity index (χ2v) is 15.3. The Kier molecular flexibility index (Phi) is 6.33. The van der Waals surface area contributed by atoms with Gasteiger partial charge in [-0.25, -0.2) is 0 Å². The molecule has 0 unspecified atom stereocenters. The highest BCUT2D eigenvalue weighted by Crippen LogP contribution is 2.75. The van der Waals surface area contributed by atoms with Gasteiger partial charge in [0, 0.05) is 6.42 Å². The van der Waals surface area contributed by atoms with E-state index >= 15 is 0 Å². The number of allylic oxidation sites excluding steroid dienone is 2. The van der Waals surface area contributed by atoms with Gasteiger partial charge in [-0.05, 0) is 116 Å². The van der Waals surface area contributed by atoms with Crippen LogP contribution in [-0.4, -0.2) is 23.1 Å². The molecule has 0 radical (unpaired) electrons. The van der Waals surface area contributed by atoms with E-state index in [0.717, 1.165) is 37.5 Å². The highest BCUT2D eigenvalue weighted by atomic mass is 16.5. The van der Waals surface area contributed by atoms with E-state index < -0.39 is 17.5 Å². The number of hydrogen-bond acceptors (Lipinski definition) is 3. The number of aliphatic carboxylic acids is 1. The summed E-state index contributed by atoms with van der Waals surface area (Å²) in [6.45, 7) is 18.8. The van der Waals surface area contributed by atoms with Gasteiger partial charge in [-0.15, -0.1) is 0 Å². The zero-order chi connectivity index (χ0) is 27.2. The first kappa shape index (κ1) is 27.3. The maximum Gasteiger partial charge on any atom is 0.313 e. The standard InChI is InChI=1S/C33H52O4/c1-9-26(34)37-25-14-16-30(5)23-11-10-22-27-21(3)20(2)12-15-29(27,4)18-19-31(22,6)32(23,7)17-13-24(30)33(25,8)28(35)36/h10,20-21,23-25,27H,9,11-19H2,1-8H3,(H,35,36)/t20-,21+,23-,24-,25+,27+,29-,30-,31-,32-,33-/m1/s1. The molecular formula is C33H52O4. The van der Waals surface area contributed by atoms with Crippen LogP contribution in [0.3, 0.4) is 0 Å². The van der Waals surface area contributed by atoms with Gasteiger partial charge in [-0.3, -0.25) is 9.59 Å². The van der Waals surface area contributed by atoms with E-state index in [1.165, 1.54) is 25.7 Å². The Morgan fingerprint density at radius 3 is 2.30 bits per heavy atom. The van der Waals surface area contributed by atoms with E-state index in [2.05, 4.69) is 47.6 Å². The van der Waals surface area contributed by atoms with Gasteiger partial charge < -0.3 is 9.84 Å². The van der Waals surface area contributed by atoms with Crippen molar-refractivity contribution in [3.05, 3.63) is 11.6 Å². The Morgan fingerprint density at radius 2 is 1.65 bits per heavy atom. The predicted octanol–water partition coefficient (Wildman–Crippen LogP) is 8.05. The minimum Gasteiger partial charge on any atom is -0.481 e. The topological polar surface area (TPSA) is 63.6 Å². The number of esters is 1. The van der Waals surface area contributed by atoms with Gasteiger partial charge in [0.1, 0.15) is 11.5 Å². The summed E-state index contributed by atoms with van der Waals surface area (Å²) in [5.74, 6) is 1.56. The van der Waals surface area contributed by atoms with Gasteiger partial charge in [-0.2, -0.15) is 0 Å². The maximum atomic E-state index is 12.9. The first-order valence-electron chi connectivity index (χ1n) is 15.3. The minimum atomic E-state index is -1.04. The van der Waals surface area contributed by atoms with Crippen LogP contribution in [0.2, 0.25) is 0 Å². The molecule has 1 N–H and O–H groups in total. The summed E-state index contributed by atoms with van der Waals surface area (Å²) in [6.07, 6.45) is 12.3. The summed E-state index contributed by atoms with van der Waals surface area (Å²) in [7, 11) is 0. The fourth-order valence-corrected chi connectivity index (χ4v) is 11.2. The fourth-order valence-electron chi connectivity index (χ4n) is 11.2. The molecule has 0 amide bonds. The number of rotatable bonds is 3. The average Bonchev–Trinajstić information content (AvgIpc) is 2.84. The first-order chi connectivity index (χ1) is 17.2. The molecule has 0 saturated heterocycles. The van der Waals surface area contributed by atoms with Crippen molar-refractivity contribution in [1.82, 2.24) is 0 Å². The summed E-state index contributed by atoms with van der Waals surface area (Å²) >= 11 is 0. The summed E-state index contributed by atoms with van der Waals surface area (Å²) in [4.78, 5) is 25.2. The molecule has 4 nitrogen and oxygen atoms in total. The summed E-state index contributed by atoms with van der Waals surface area (Å²) in [5, 5.41) is 10.6. The number of hydrogen-bond donors (Lipinski definition) is 1. The summed E-state index contributed by atoms with van der Waals surface area (Å²) < 4.78 is 5.84. The molecule has 0 aliphatic heterocycles. The molecule has 0 spiro atoms. The lowest BCUT2D eigenvalue weighted by molar-refractivity contribution is -0.223. The fraction of sp³-hybridized carbons (Fsp3) is 0.879. The predicted molar refractivity (Wildman–Crippen MR) is 147 cm³/mol. The van der Waals surface area contributed by atoms with Crippen LogP contribution in [0.1, 0.15) is 120 Å². The van der Waals surface area contributed by atoms with E-state index in [1.54, 1.807) is 12.5 Å². The quantitative estimate of drug-likeness (QED) is 0.307. The normalized spacial score (nSPS) is 53.0. The van der Waals surface area contributed by atoms with Crippen LogP contribution in [0, 0.1) is 56.7 Å². The largest absolute Gasteiger partial charge is 0.481 e. The van der Waals surface area contributed by atoms with Gasteiger partial charge in [0.2, 0.25) is 0 Å². The number of fused-ring (bicyclic) bond motifs is 7. The molecule has 5 aliphatic carbocycles. The lowest BCUT2D eigenvalue weighted by Gasteiger charge is -2.71. The van der Waals surface area contributed by atoms with Crippen molar-refractivity contribution in [2.45, 2.75) is 126 Å². The molecule has 4 fully saturated rings. The molecule has 0 bridgehead atoms. The molecule has 5 aliphatic rings. The van der Waals surface area contributed by atoms with Crippen LogP contribution >= 0.6 is 0 Å². The number of carbonyl (C=O) groups excluding carboxylic acids is 1. The van der Waals surface area contributed by atoms with Crippen molar-refractivity contribution in [3.63, 3.8) is 0 Å². The number of carbonyl (C=O) groups is 2. The van der Waals surface area contributed by atoms with E-state index in [-0.39, 0.29) is 34.6 Å². The molecule has 0 aromatic heterocycles. The molecule has 0 heterocycles. The van der Waals surface area contributed by atoms with Crippen LogP contribution < -0.4 is 0 Å². The lowest BCUT2D eigenvalue weighted by Crippen LogP contribution is -2.66. The third-order valence-corrected chi connectivity index (χ3v) is 14.0. The molecule has 208 valence electrons. The molecular weight excluding hydrogens is 460 g/mol. The molecule has 0 aromatic rings. The molecule has 37 heavy (non-hydrogen) atoms.